The van der Waals surface area contributed by atoms with Gasteiger partial charge in [-0.25, -0.2) is 9.59 Å². The zero-order valence-electron chi connectivity index (χ0n) is 11.0. The van der Waals surface area contributed by atoms with Crippen LogP contribution in [0, 0.1) is 0 Å². The maximum atomic E-state index is 12.1. The first kappa shape index (κ1) is 13.1. The molecule has 1 aromatic heterocycles. The number of aliphatic carboxylic acids is 1. The van der Waals surface area contributed by atoms with Crippen molar-refractivity contribution in [3.63, 3.8) is 0 Å². The van der Waals surface area contributed by atoms with Gasteiger partial charge in [0.15, 0.2) is 0 Å². The fraction of sp³-hybridized carbons (Fsp3) is 0.286. The Hall–Kier alpha value is -2.30. The van der Waals surface area contributed by atoms with Crippen molar-refractivity contribution in [1.29, 1.82) is 0 Å². The average molecular weight is 260 g/mol. The molecule has 0 saturated heterocycles. The fourth-order valence-corrected chi connectivity index (χ4v) is 2.22. The first-order chi connectivity index (χ1) is 9.08. The van der Waals surface area contributed by atoms with E-state index in [1.807, 2.05) is 32.0 Å². The van der Waals surface area contributed by atoms with E-state index >= 15 is 0 Å². The third kappa shape index (κ3) is 2.31. The van der Waals surface area contributed by atoms with E-state index in [1.54, 1.807) is 9.13 Å². The van der Waals surface area contributed by atoms with Crippen molar-refractivity contribution in [2.45, 2.75) is 26.9 Å². The van der Waals surface area contributed by atoms with Crippen LogP contribution in [0.25, 0.3) is 17.1 Å². The van der Waals surface area contributed by atoms with Gasteiger partial charge >= 0.3 is 11.7 Å². The first-order valence-electron chi connectivity index (χ1n) is 6.22. The maximum Gasteiger partial charge on any atom is 0.329 e. The Morgan fingerprint density at radius 2 is 1.84 bits per heavy atom. The number of hydrogen-bond donors (Lipinski definition) is 1. The molecule has 1 heterocycles. The minimum atomic E-state index is -0.987. The smallest absolute Gasteiger partial charge is 0.329 e. The van der Waals surface area contributed by atoms with Gasteiger partial charge in [-0.1, -0.05) is 6.07 Å². The Morgan fingerprint density at radius 3 is 2.42 bits per heavy atom. The summed E-state index contributed by atoms with van der Waals surface area (Å²) in [6, 6.07) is 5.51. The lowest BCUT2D eigenvalue weighted by atomic mass is 10.2. The van der Waals surface area contributed by atoms with Crippen molar-refractivity contribution in [3.05, 3.63) is 40.3 Å². The summed E-state index contributed by atoms with van der Waals surface area (Å²) in [7, 11) is 0. The third-order valence-corrected chi connectivity index (χ3v) is 3.09. The van der Waals surface area contributed by atoms with E-state index in [-0.39, 0.29) is 5.69 Å². The molecule has 0 spiro atoms. The monoisotopic (exact) mass is 260 g/mol. The van der Waals surface area contributed by atoms with Crippen molar-refractivity contribution in [2.24, 2.45) is 0 Å². The lowest BCUT2D eigenvalue weighted by Crippen LogP contribution is -2.22. The summed E-state index contributed by atoms with van der Waals surface area (Å²) in [6.45, 7) is 5.06. The van der Waals surface area contributed by atoms with Gasteiger partial charge in [-0.3, -0.25) is 9.13 Å². The van der Waals surface area contributed by atoms with E-state index in [0.29, 0.717) is 13.1 Å². The molecular formula is C14H16N2O3. The predicted molar refractivity (Wildman–Crippen MR) is 74.2 cm³/mol. The molecule has 100 valence electrons. The summed E-state index contributed by atoms with van der Waals surface area (Å²) in [5.41, 5.74) is 2.45. The number of aryl methyl sites for hydroxylation is 2. The summed E-state index contributed by atoms with van der Waals surface area (Å²) in [5, 5.41) is 8.63. The highest BCUT2D eigenvalue weighted by Gasteiger charge is 2.10. The molecule has 1 N–H and O–H groups in total. The molecule has 5 heteroatoms. The van der Waals surface area contributed by atoms with Gasteiger partial charge in [0.05, 0.1) is 11.0 Å². The van der Waals surface area contributed by atoms with Crippen molar-refractivity contribution < 1.29 is 9.90 Å². The lowest BCUT2D eigenvalue weighted by Gasteiger charge is -1.99. The molecule has 0 saturated carbocycles. The largest absolute Gasteiger partial charge is 0.478 e. The first-order valence-corrected chi connectivity index (χ1v) is 6.22. The predicted octanol–water partition coefficient (Wildman–Crippen LogP) is 1.94. The molecule has 0 bridgehead atoms. The quantitative estimate of drug-likeness (QED) is 0.854. The Balaban J connectivity index is 2.65. The fourth-order valence-electron chi connectivity index (χ4n) is 2.22. The van der Waals surface area contributed by atoms with E-state index in [9.17, 15) is 9.59 Å². The van der Waals surface area contributed by atoms with E-state index < -0.39 is 5.97 Å². The van der Waals surface area contributed by atoms with Gasteiger partial charge in [0, 0.05) is 19.2 Å². The molecule has 19 heavy (non-hydrogen) atoms. The van der Waals surface area contributed by atoms with Crippen molar-refractivity contribution in [2.75, 3.05) is 0 Å². The second kappa shape index (κ2) is 5.14. The maximum absolute atomic E-state index is 12.1. The van der Waals surface area contributed by atoms with Gasteiger partial charge in [0.25, 0.3) is 0 Å². The summed E-state index contributed by atoms with van der Waals surface area (Å²) < 4.78 is 3.40. The van der Waals surface area contributed by atoms with Gasteiger partial charge in [-0.15, -0.1) is 0 Å². The van der Waals surface area contributed by atoms with Crippen LogP contribution in [0.4, 0.5) is 0 Å². The summed E-state index contributed by atoms with van der Waals surface area (Å²) in [6.07, 6.45) is 2.61. The zero-order chi connectivity index (χ0) is 14.0. The van der Waals surface area contributed by atoms with E-state index in [4.69, 9.17) is 5.11 Å². The van der Waals surface area contributed by atoms with Gasteiger partial charge in [0.2, 0.25) is 0 Å². The minimum Gasteiger partial charge on any atom is -0.478 e. The number of aromatic nitrogens is 2. The Labute approximate surface area is 110 Å². The Kier molecular flexibility index (Phi) is 3.55. The summed E-state index contributed by atoms with van der Waals surface area (Å²) in [5.74, 6) is -0.987. The number of imidazole rings is 1. The van der Waals surface area contributed by atoms with E-state index in [0.717, 1.165) is 22.7 Å². The summed E-state index contributed by atoms with van der Waals surface area (Å²) in [4.78, 5) is 22.7. The molecule has 0 aliphatic rings. The van der Waals surface area contributed by atoms with Crippen LogP contribution in [0.2, 0.25) is 0 Å². The zero-order valence-corrected chi connectivity index (χ0v) is 11.0. The molecule has 0 aliphatic heterocycles. The Morgan fingerprint density at radius 1 is 1.21 bits per heavy atom. The number of carbonyl (C=O) groups is 1. The van der Waals surface area contributed by atoms with Crippen molar-refractivity contribution in [1.82, 2.24) is 9.13 Å². The van der Waals surface area contributed by atoms with Gasteiger partial charge in [-0.2, -0.15) is 0 Å². The number of fused-ring (bicyclic) bond motifs is 1. The molecule has 0 atom stereocenters. The number of carboxylic acid groups (broad SMARTS) is 1. The average Bonchev–Trinajstić information content (AvgIpc) is 2.66. The molecule has 0 radical (unpaired) electrons. The van der Waals surface area contributed by atoms with Crippen LogP contribution in [0.15, 0.2) is 29.1 Å². The number of hydrogen-bond acceptors (Lipinski definition) is 2. The van der Waals surface area contributed by atoms with Gasteiger partial charge in [0.1, 0.15) is 0 Å². The van der Waals surface area contributed by atoms with Crippen LogP contribution < -0.4 is 5.69 Å². The molecule has 2 rings (SSSR count). The molecule has 0 fully saturated rings. The lowest BCUT2D eigenvalue weighted by molar-refractivity contribution is -0.131. The molecule has 1 aromatic carbocycles. The van der Waals surface area contributed by atoms with E-state index in [1.165, 1.54) is 6.08 Å². The normalized spacial score (nSPS) is 11.5. The number of rotatable bonds is 4. The van der Waals surface area contributed by atoms with Crippen LogP contribution in [0.5, 0.6) is 0 Å². The standard InChI is InChI=1S/C14H16N2O3/c1-3-15-11-7-5-10(6-8-13(17)18)9-12(11)16(4-2)14(15)19/h5-9H,3-4H2,1-2H3,(H,17,18). The molecule has 5 nitrogen and oxygen atoms in total. The van der Waals surface area contributed by atoms with Gasteiger partial charge < -0.3 is 5.11 Å². The van der Waals surface area contributed by atoms with Gasteiger partial charge in [-0.05, 0) is 37.6 Å². The molecule has 0 amide bonds. The number of benzene rings is 1. The highest BCUT2D eigenvalue weighted by atomic mass is 16.4. The third-order valence-electron chi connectivity index (χ3n) is 3.09. The van der Waals surface area contributed by atoms with Crippen LogP contribution in [-0.4, -0.2) is 20.2 Å². The van der Waals surface area contributed by atoms with Crippen LogP contribution in [0.3, 0.4) is 0 Å². The molecule has 0 aliphatic carbocycles. The number of nitrogens with zero attached hydrogens (tertiary/aromatic N) is 2. The van der Waals surface area contributed by atoms with Crippen molar-refractivity contribution >= 4 is 23.1 Å². The number of carboxylic acids is 1. The topological polar surface area (TPSA) is 64.2 Å². The highest BCUT2D eigenvalue weighted by molar-refractivity contribution is 5.87. The summed E-state index contributed by atoms with van der Waals surface area (Å²) >= 11 is 0. The van der Waals surface area contributed by atoms with Crippen LogP contribution >= 0.6 is 0 Å². The minimum absolute atomic E-state index is 0.0284. The molecule has 2 aromatic rings. The highest BCUT2D eigenvalue weighted by Crippen LogP contribution is 2.16. The Bertz CT molecular complexity index is 707. The molecule has 0 unspecified atom stereocenters. The second-order valence-electron chi connectivity index (χ2n) is 4.19. The van der Waals surface area contributed by atoms with Crippen LogP contribution in [0.1, 0.15) is 19.4 Å². The van der Waals surface area contributed by atoms with Crippen molar-refractivity contribution in [3.8, 4) is 0 Å². The second-order valence-corrected chi connectivity index (χ2v) is 4.19. The van der Waals surface area contributed by atoms with E-state index in [2.05, 4.69) is 0 Å². The molecular weight excluding hydrogens is 244 g/mol. The SMILES string of the molecule is CCn1c(=O)n(CC)c2cc(C=CC(=O)O)ccc21. The van der Waals surface area contributed by atoms with Crippen LogP contribution in [-0.2, 0) is 17.9 Å².